The van der Waals surface area contributed by atoms with Gasteiger partial charge in [-0.15, -0.1) is 0 Å². The van der Waals surface area contributed by atoms with E-state index >= 15 is 0 Å². The highest BCUT2D eigenvalue weighted by molar-refractivity contribution is 5.61. The second-order valence-electron chi connectivity index (χ2n) is 4.94. The highest BCUT2D eigenvalue weighted by Crippen LogP contribution is 2.13. The summed E-state index contributed by atoms with van der Waals surface area (Å²) in [5, 5.41) is 3.08. The van der Waals surface area contributed by atoms with Crippen LogP contribution in [0, 0.1) is 0 Å². The van der Waals surface area contributed by atoms with Crippen molar-refractivity contribution in [2.75, 3.05) is 7.05 Å². The Morgan fingerprint density at radius 3 is 2.22 bits per heavy atom. The Balaban J connectivity index is 2.25. The van der Waals surface area contributed by atoms with Gasteiger partial charge in [-0.2, -0.15) is 0 Å². The second-order valence-corrected chi connectivity index (χ2v) is 4.94. The zero-order chi connectivity index (χ0) is 13.2. The average Bonchev–Trinajstić information content (AvgIpc) is 2.42. The van der Waals surface area contributed by atoms with Crippen LogP contribution in [0.25, 0.3) is 5.70 Å². The maximum Gasteiger partial charge on any atom is 0.0338 e. The van der Waals surface area contributed by atoms with Crippen LogP contribution in [-0.4, -0.2) is 7.05 Å². The summed E-state index contributed by atoms with van der Waals surface area (Å²) in [4.78, 5) is 0. The lowest BCUT2D eigenvalue weighted by atomic mass is 10.0. The van der Waals surface area contributed by atoms with Crippen molar-refractivity contribution in [1.29, 1.82) is 0 Å². The van der Waals surface area contributed by atoms with Gasteiger partial charge < -0.3 is 5.32 Å². The van der Waals surface area contributed by atoms with Gasteiger partial charge >= 0.3 is 0 Å². The first-order valence-electron chi connectivity index (χ1n) is 7.24. The zero-order valence-corrected chi connectivity index (χ0v) is 12.0. The molecule has 0 fully saturated rings. The minimum absolute atomic E-state index is 0.987. The highest BCUT2D eigenvalue weighted by atomic mass is 14.8. The van der Waals surface area contributed by atoms with Crippen LogP contribution in [0.5, 0.6) is 0 Å². The SMILES string of the molecule is C=C(NC)c1ccc(CCCCCCCC)cc1. The number of rotatable bonds is 9. The third-order valence-corrected chi connectivity index (χ3v) is 3.42. The molecule has 0 bridgehead atoms. The van der Waals surface area contributed by atoms with E-state index in [4.69, 9.17) is 0 Å². The Morgan fingerprint density at radius 1 is 1.00 bits per heavy atom. The monoisotopic (exact) mass is 245 g/mol. The Kier molecular flexibility index (Phi) is 7.24. The molecular formula is C17H27N. The van der Waals surface area contributed by atoms with Gasteiger partial charge in [0.2, 0.25) is 0 Å². The smallest absolute Gasteiger partial charge is 0.0338 e. The highest BCUT2D eigenvalue weighted by Gasteiger charge is 1.97. The minimum Gasteiger partial charge on any atom is -0.388 e. The van der Waals surface area contributed by atoms with Gasteiger partial charge in [-0.1, -0.05) is 69.9 Å². The molecule has 1 N–H and O–H groups in total. The van der Waals surface area contributed by atoms with Crippen molar-refractivity contribution in [1.82, 2.24) is 5.32 Å². The van der Waals surface area contributed by atoms with E-state index in [0.717, 1.165) is 5.70 Å². The molecule has 1 aromatic rings. The molecule has 1 rings (SSSR count). The summed E-state index contributed by atoms with van der Waals surface area (Å²) >= 11 is 0. The summed E-state index contributed by atoms with van der Waals surface area (Å²) in [6, 6.07) is 8.77. The fourth-order valence-electron chi connectivity index (χ4n) is 2.13. The van der Waals surface area contributed by atoms with E-state index in [2.05, 4.69) is 43.1 Å². The number of nitrogens with one attached hydrogen (secondary N) is 1. The molecule has 0 unspecified atom stereocenters. The van der Waals surface area contributed by atoms with Crippen molar-refractivity contribution in [3.63, 3.8) is 0 Å². The molecule has 0 aromatic heterocycles. The molecule has 0 atom stereocenters. The summed E-state index contributed by atoms with van der Waals surface area (Å²) in [6.45, 7) is 6.23. The first kappa shape index (κ1) is 14.8. The van der Waals surface area contributed by atoms with Crippen molar-refractivity contribution >= 4 is 5.70 Å². The summed E-state index contributed by atoms with van der Waals surface area (Å²) in [7, 11) is 1.91. The van der Waals surface area contributed by atoms with Gasteiger partial charge in [-0.25, -0.2) is 0 Å². The molecule has 1 nitrogen and oxygen atoms in total. The molecule has 0 radical (unpaired) electrons. The molecule has 0 aliphatic heterocycles. The lowest BCUT2D eigenvalue weighted by molar-refractivity contribution is 0.607. The van der Waals surface area contributed by atoms with Crippen molar-refractivity contribution in [2.24, 2.45) is 0 Å². The van der Waals surface area contributed by atoms with E-state index in [9.17, 15) is 0 Å². The van der Waals surface area contributed by atoms with Crippen LogP contribution in [0.15, 0.2) is 30.8 Å². The van der Waals surface area contributed by atoms with Crippen molar-refractivity contribution in [2.45, 2.75) is 51.9 Å². The number of unbranched alkanes of at least 4 members (excludes halogenated alkanes) is 5. The molecule has 0 saturated carbocycles. The molecule has 100 valence electrons. The Morgan fingerprint density at radius 2 is 1.61 bits per heavy atom. The molecular weight excluding hydrogens is 218 g/mol. The predicted octanol–water partition coefficient (Wildman–Crippen LogP) is 4.78. The van der Waals surface area contributed by atoms with Crippen LogP contribution >= 0.6 is 0 Å². The first-order chi connectivity index (χ1) is 8.77. The average molecular weight is 245 g/mol. The van der Waals surface area contributed by atoms with Gasteiger partial charge in [0.25, 0.3) is 0 Å². The molecule has 0 amide bonds. The fourth-order valence-corrected chi connectivity index (χ4v) is 2.13. The van der Waals surface area contributed by atoms with Crippen LogP contribution in [-0.2, 0) is 6.42 Å². The Hall–Kier alpha value is -1.24. The van der Waals surface area contributed by atoms with Crippen molar-refractivity contribution < 1.29 is 0 Å². The number of aryl methyl sites for hydroxylation is 1. The van der Waals surface area contributed by atoms with Crippen LogP contribution in [0.2, 0.25) is 0 Å². The van der Waals surface area contributed by atoms with E-state index in [0.29, 0.717) is 0 Å². The Bertz CT molecular complexity index is 337. The molecule has 18 heavy (non-hydrogen) atoms. The normalized spacial score (nSPS) is 10.3. The molecule has 0 spiro atoms. The van der Waals surface area contributed by atoms with Crippen LogP contribution in [0.4, 0.5) is 0 Å². The standard InChI is InChI=1S/C17H27N/c1-4-5-6-7-8-9-10-16-11-13-17(14-12-16)15(2)18-3/h11-14,18H,2,4-10H2,1,3H3. The molecule has 0 saturated heterocycles. The van der Waals surface area contributed by atoms with Gasteiger partial charge in [0.15, 0.2) is 0 Å². The summed E-state index contributed by atoms with van der Waals surface area (Å²) in [6.07, 6.45) is 9.40. The van der Waals surface area contributed by atoms with E-state index in [1.165, 1.54) is 56.1 Å². The van der Waals surface area contributed by atoms with E-state index in [1.54, 1.807) is 0 Å². The predicted molar refractivity (Wildman–Crippen MR) is 81.6 cm³/mol. The summed E-state index contributed by atoms with van der Waals surface area (Å²) in [5.74, 6) is 0. The van der Waals surface area contributed by atoms with Crippen molar-refractivity contribution in [3.8, 4) is 0 Å². The maximum atomic E-state index is 3.97. The molecule has 1 heteroatoms. The lowest BCUT2D eigenvalue weighted by Crippen LogP contribution is -2.02. The summed E-state index contributed by atoms with van der Waals surface area (Å²) in [5.41, 5.74) is 3.61. The molecule has 0 aliphatic carbocycles. The van der Waals surface area contributed by atoms with Gasteiger partial charge in [-0.05, 0) is 24.0 Å². The second kappa shape index (κ2) is 8.79. The Labute approximate surface area is 112 Å². The largest absolute Gasteiger partial charge is 0.388 e. The van der Waals surface area contributed by atoms with Crippen LogP contribution in [0.1, 0.15) is 56.6 Å². The molecule has 0 aliphatic rings. The molecule has 0 heterocycles. The maximum absolute atomic E-state index is 3.97. The quantitative estimate of drug-likeness (QED) is 0.617. The van der Waals surface area contributed by atoms with Gasteiger partial charge in [0.05, 0.1) is 0 Å². The van der Waals surface area contributed by atoms with Crippen molar-refractivity contribution in [3.05, 3.63) is 42.0 Å². The molecule has 1 aromatic carbocycles. The van der Waals surface area contributed by atoms with Crippen LogP contribution in [0.3, 0.4) is 0 Å². The third-order valence-electron chi connectivity index (χ3n) is 3.42. The lowest BCUT2D eigenvalue weighted by Gasteiger charge is -2.06. The van der Waals surface area contributed by atoms with E-state index < -0.39 is 0 Å². The zero-order valence-electron chi connectivity index (χ0n) is 12.0. The minimum atomic E-state index is 0.987. The van der Waals surface area contributed by atoms with Gasteiger partial charge in [0.1, 0.15) is 0 Å². The number of benzene rings is 1. The number of hydrogen-bond donors (Lipinski definition) is 1. The van der Waals surface area contributed by atoms with Gasteiger partial charge in [0, 0.05) is 12.7 Å². The first-order valence-corrected chi connectivity index (χ1v) is 7.24. The fraction of sp³-hybridized carbons (Fsp3) is 0.529. The van der Waals surface area contributed by atoms with E-state index in [1.807, 2.05) is 7.05 Å². The number of hydrogen-bond acceptors (Lipinski definition) is 1. The summed E-state index contributed by atoms with van der Waals surface area (Å²) < 4.78 is 0. The van der Waals surface area contributed by atoms with Crippen LogP contribution < -0.4 is 5.32 Å². The topological polar surface area (TPSA) is 12.0 Å². The van der Waals surface area contributed by atoms with E-state index in [-0.39, 0.29) is 0 Å². The van der Waals surface area contributed by atoms with Gasteiger partial charge in [-0.3, -0.25) is 0 Å². The third kappa shape index (κ3) is 5.39.